The average Bonchev–Trinajstić information content (AvgIpc) is 2.61. The molecule has 1 unspecified atom stereocenters. The van der Waals surface area contributed by atoms with Crippen LogP contribution in [0.4, 0.5) is 13.2 Å². The van der Waals surface area contributed by atoms with Crippen LogP contribution in [0.3, 0.4) is 0 Å². The minimum Gasteiger partial charge on any atom is -0.491 e. The van der Waals surface area contributed by atoms with Gasteiger partial charge in [0.1, 0.15) is 5.75 Å². The number of guanidine groups is 1. The van der Waals surface area contributed by atoms with E-state index in [9.17, 15) is 18.3 Å². The standard InChI is InChI=1S/C20H33F3N4O2/c1-5-24-19(25-11-6-12-27(4)14-20(21,22)23)26-13-18(28)16-7-9-17(10-8-16)29-15(2)3/h7-10,15,18,28H,5-6,11-14H2,1-4H3,(H2,24,25,26). The molecule has 0 aromatic heterocycles. The van der Waals surface area contributed by atoms with Crippen molar-refractivity contribution >= 4 is 5.96 Å². The fourth-order valence-electron chi connectivity index (χ4n) is 2.61. The van der Waals surface area contributed by atoms with E-state index in [2.05, 4.69) is 15.6 Å². The zero-order valence-electron chi connectivity index (χ0n) is 17.6. The van der Waals surface area contributed by atoms with Crippen LogP contribution in [0.5, 0.6) is 5.75 Å². The predicted molar refractivity (Wildman–Crippen MR) is 109 cm³/mol. The summed E-state index contributed by atoms with van der Waals surface area (Å²) < 4.78 is 42.5. The fourth-order valence-corrected chi connectivity index (χ4v) is 2.61. The van der Waals surface area contributed by atoms with Gasteiger partial charge in [0.25, 0.3) is 0 Å². The van der Waals surface area contributed by atoms with Crippen molar-refractivity contribution < 1.29 is 23.0 Å². The number of aliphatic hydroxyl groups is 1. The van der Waals surface area contributed by atoms with Gasteiger partial charge in [-0.25, -0.2) is 0 Å². The lowest BCUT2D eigenvalue weighted by atomic mass is 10.1. The second-order valence-corrected chi connectivity index (χ2v) is 7.10. The first-order valence-corrected chi connectivity index (χ1v) is 9.83. The molecule has 166 valence electrons. The zero-order chi connectivity index (χ0) is 21.9. The Balaban J connectivity index is 2.47. The number of ether oxygens (including phenoxy) is 1. The van der Waals surface area contributed by atoms with Crippen molar-refractivity contribution in [1.29, 1.82) is 0 Å². The van der Waals surface area contributed by atoms with E-state index in [0.717, 1.165) is 11.3 Å². The summed E-state index contributed by atoms with van der Waals surface area (Å²) >= 11 is 0. The summed E-state index contributed by atoms with van der Waals surface area (Å²) in [5.41, 5.74) is 0.731. The SMILES string of the molecule is CCNC(=NCC(O)c1ccc(OC(C)C)cc1)NCCCN(C)CC(F)(F)F. The van der Waals surface area contributed by atoms with Gasteiger partial charge in [-0.05, 0) is 58.5 Å². The van der Waals surface area contributed by atoms with E-state index in [4.69, 9.17) is 4.74 Å². The Bertz CT molecular complexity index is 607. The largest absolute Gasteiger partial charge is 0.491 e. The molecule has 1 rings (SSSR count). The summed E-state index contributed by atoms with van der Waals surface area (Å²) in [5, 5.41) is 16.5. The lowest BCUT2D eigenvalue weighted by Gasteiger charge is -2.19. The topological polar surface area (TPSA) is 69.1 Å². The van der Waals surface area contributed by atoms with E-state index < -0.39 is 18.8 Å². The van der Waals surface area contributed by atoms with Gasteiger partial charge >= 0.3 is 6.18 Å². The lowest BCUT2D eigenvalue weighted by Crippen LogP contribution is -2.39. The molecule has 0 saturated heterocycles. The monoisotopic (exact) mass is 418 g/mol. The minimum absolute atomic E-state index is 0.0809. The van der Waals surface area contributed by atoms with Crippen molar-refractivity contribution in [3.05, 3.63) is 29.8 Å². The van der Waals surface area contributed by atoms with Gasteiger partial charge in [-0.15, -0.1) is 0 Å². The average molecular weight is 419 g/mol. The molecule has 3 N–H and O–H groups in total. The van der Waals surface area contributed by atoms with Crippen molar-refractivity contribution in [3.8, 4) is 5.75 Å². The van der Waals surface area contributed by atoms with Gasteiger partial charge in [0.05, 0.1) is 25.3 Å². The molecule has 0 aliphatic rings. The molecule has 0 radical (unpaired) electrons. The van der Waals surface area contributed by atoms with Gasteiger partial charge < -0.3 is 20.5 Å². The first kappa shape index (κ1) is 25.0. The number of hydrogen-bond acceptors (Lipinski definition) is 4. The number of alkyl halides is 3. The maximum Gasteiger partial charge on any atom is 0.401 e. The third-order valence-corrected chi connectivity index (χ3v) is 3.86. The number of rotatable bonds is 11. The molecular formula is C20H33F3N4O2. The smallest absolute Gasteiger partial charge is 0.401 e. The summed E-state index contributed by atoms with van der Waals surface area (Å²) in [7, 11) is 1.45. The molecule has 0 aliphatic heterocycles. The van der Waals surface area contributed by atoms with Crippen LogP contribution in [-0.4, -0.2) is 68.0 Å². The molecule has 29 heavy (non-hydrogen) atoms. The van der Waals surface area contributed by atoms with Crippen LogP contribution in [0.1, 0.15) is 38.9 Å². The lowest BCUT2D eigenvalue weighted by molar-refractivity contribution is -0.143. The maximum absolute atomic E-state index is 12.3. The Morgan fingerprint density at radius 1 is 1.21 bits per heavy atom. The van der Waals surface area contributed by atoms with Crippen LogP contribution < -0.4 is 15.4 Å². The molecule has 0 bridgehead atoms. The number of halogens is 3. The highest BCUT2D eigenvalue weighted by Gasteiger charge is 2.28. The molecule has 1 aromatic carbocycles. The van der Waals surface area contributed by atoms with Crippen molar-refractivity contribution in [2.24, 2.45) is 4.99 Å². The first-order valence-electron chi connectivity index (χ1n) is 9.83. The van der Waals surface area contributed by atoms with Gasteiger partial charge in [-0.1, -0.05) is 12.1 Å². The molecule has 0 saturated carbocycles. The summed E-state index contributed by atoms with van der Waals surface area (Å²) in [6, 6.07) is 7.22. The maximum atomic E-state index is 12.3. The third-order valence-electron chi connectivity index (χ3n) is 3.86. The minimum atomic E-state index is -4.19. The van der Waals surface area contributed by atoms with Crippen LogP contribution in [0, 0.1) is 0 Å². The number of nitrogens with zero attached hydrogens (tertiary/aromatic N) is 2. The highest BCUT2D eigenvalue weighted by atomic mass is 19.4. The highest BCUT2D eigenvalue weighted by Crippen LogP contribution is 2.19. The van der Waals surface area contributed by atoms with Gasteiger partial charge in [0, 0.05) is 13.1 Å². The molecular weight excluding hydrogens is 385 g/mol. The Morgan fingerprint density at radius 3 is 2.41 bits per heavy atom. The van der Waals surface area contributed by atoms with Crippen molar-refractivity contribution in [2.75, 3.05) is 39.8 Å². The molecule has 0 spiro atoms. The second kappa shape index (κ2) is 12.5. The molecule has 1 atom stereocenters. The molecule has 0 amide bonds. The summed E-state index contributed by atoms with van der Waals surface area (Å²) in [6.07, 6.45) is -4.33. The zero-order valence-corrected chi connectivity index (χ0v) is 17.6. The Labute approximate surface area is 171 Å². The van der Waals surface area contributed by atoms with Gasteiger partial charge in [0.2, 0.25) is 0 Å². The predicted octanol–water partition coefficient (Wildman–Crippen LogP) is 2.95. The van der Waals surface area contributed by atoms with E-state index in [0.29, 0.717) is 32.0 Å². The number of nitrogens with one attached hydrogen (secondary N) is 2. The molecule has 0 fully saturated rings. The van der Waals surface area contributed by atoms with E-state index >= 15 is 0 Å². The summed E-state index contributed by atoms with van der Waals surface area (Å²) in [6.45, 7) is 6.48. The molecule has 0 aliphatic carbocycles. The third kappa shape index (κ3) is 11.6. The van der Waals surface area contributed by atoms with Crippen molar-refractivity contribution in [2.45, 2.75) is 45.6 Å². The summed E-state index contributed by atoms with van der Waals surface area (Å²) in [5.74, 6) is 1.26. The molecule has 1 aromatic rings. The number of hydrogen-bond donors (Lipinski definition) is 3. The highest BCUT2D eigenvalue weighted by molar-refractivity contribution is 5.79. The van der Waals surface area contributed by atoms with Crippen molar-refractivity contribution in [3.63, 3.8) is 0 Å². The van der Waals surface area contributed by atoms with Crippen molar-refractivity contribution in [1.82, 2.24) is 15.5 Å². The second-order valence-electron chi connectivity index (χ2n) is 7.10. The van der Waals surface area contributed by atoms with Gasteiger partial charge in [-0.3, -0.25) is 9.89 Å². The molecule has 9 heteroatoms. The van der Waals surface area contributed by atoms with Crippen LogP contribution >= 0.6 is 0 Å². The van der Waals surface area contributed by atoms with Crippen LogP contribution in [-0.2, 0) is 0 Å². The van der Waals surface area contributed by atoms with E-state index in [1.165, 1.54) is 11.9 Å². The normalized spacial score (nSPS) is 13.7. The quantitative estimate of drug-likeness (QED) is 0.293. The van der Waals surface area contributed by atoms with Crippen LogP contribution in [0.25, 0.3) is 0 Å². The molecule has 0 heterocycles. The number of aliphatic imine (C=N–C) groups is 1. The van der Waals surface area contributed by atoms with Crippen LogP contribution in [0.15, 0.2) is 29.3 Å². The Morgan fingerprint density at radius 2 is 1.86 bits per heavy atom. The van der Waals surface area contributed by atoms with E-state index in [-0.39, 0.29) is 12.6 Å². The van der Waals surface area contributed by atoms with Gasteiger partial charge in [-0.2, -0.15) is 13.2 Å². The number of aliphatic hydroxyl groups excluding tert-OH is 1. The Kier molecular flexibility index (Phi) is 10.8. The number of benzene rings is 1. The van der Waals surface area contributed by atoms with Gasteiger partial charge in [0.15, 0.2) is 5.96 Å². The Hall–Kier alpha value is -2.00. The fraction of sp³-hybridized carbons (Fsp3) is 0.650. The van der Waals surface area contributed by atoms with E-state index in [1.54, 1.807) is 12.1 Å². The molecule has 6 nitrogen and oxygen atoms in total. The summed E-state index contributed by atoms with van der Waals surface area (Å²) in [4.78, 5) is 5.59. The van der Waals surface area contributed by atoms with Crippen LogP contribution in [0.2, 0.25) is 0 Å². The first-order chi connectivity index (χ1) is 13.6. The van der Waals surface area contributed by atoms with E-state index in [1.807, 2.05) is 32.9 Å².